The van der Waals surface area contributed by atoms with E-state index in [0.29, 0.717) is 13.2 Å². The number of thiophene rings is 1. The molecule has 0 unspecified atom stereocenters. The molecular weight excluding hydrogens is 372 g/mol. The van der Waals surface area contributed by atoms with Crippen molar-refractivity contribution in [2.45, 2.75) is 33.9 Å². The third kappa shape index (κ3) is 4.86. The van der Waals surface area contributed by atoms with E-state index in [-0.39, 0.29) is 0 Å². The molecule has 3 heterocycles. The number of aliphatic imine (C=N–C) groups is 1. The number of hydrogen-bond acceptors (Lipinski definition) is 5. The molecule has 0 aliphatic carbocycles. The van der Waals surface area contributed by atoms with Gasteiger partial charge in [-0.3, -0.25) is 4.68 Å². The minimum atomic E-state index is 0.651. The standard InChI is InChI=1S/C20H32N6OS/c1-5-21-20(25-10-8-24(9-11-25)19-7-6-14-28-19)22-15-18-16(2)23-26(17(18)3)12-13-27-4/h6-7,14H,5,8-13,15H2,1-4H3,(H,21,22). The molecule has 1 N–H and O–H groups in total. The number of anilines is 1. The topological polar surface area (TPSA) is 57.9 Å². The van der Waals surface area contributed by atoms with Crippen LogP contribution in [0, 0.1) is 13.8 Å². The number of aryl methyl sites for hydroxylation is 1. The molecule has 0 bridgehead atoms. The van der Waals surface area contributed by atoms with Gasteiger partial charge in [0.05, 0.1) is 30.4 Å². The fraction of sp³-hybridized carbons (Fsp3) is 0.600. The van der Waals surface area contributed by atoms with E-state index in [0.717, 1.165) is 50.9 Å². The van der Waals surface area contributed by atoms with Gasteiger partial charge < -0.3 is 19.9 Å². The Morgan fingerprint density at radius 1 is 1.29 bits per heavy atom. The summed E-state index contributed by atoms with van der Waals surface area (Å²) in [7, 11) is 1.72. The van der Waals surface area contributed by atoms with Gasteiger partial charge in [-0.25, -0.2) is 4.99 Å². The van der Waals surface area contributed by atoms with E-state index in [1.165, 1.54) is 16.3 Å². The number of hydrogen-bond donors (Lipinski definition) is 1. The van der Waals surface area contributed by atoms with Gasteiger partial charge in [-0.1, -0.05) is 0 Å². The summed E-state index contributed by atoms with van der Waals surface area (Å²) in [6, 6.07) is 4.32. The third-order valence-electron chi connectivity index (χ3n) is 5.16. The SMILES string of the molecule is CCNC(=NCc1c(C)nn(CCOC)c1C)N1CCN(c2cccs2)CC1. The molecule has 0 radical (unpaired) electrons. The van der Waals surface area contributed by atoms with Gasteiger partial charge in [-0.15, -0.1) is 11.3 Å². The van der Waals surface area contributed by atoms with Gasteiger partial charge in [0.2, 0.25) is 0 Å². The molecule has 2 aromatic heterocycles. The van der Waals surface area contributed by atoms with E-state index in [4.69, 9.17) is 9.73 Å². The Balaban J connectivity index is 1.66. The molecule has 3 rings (SSSR count). The van der Waals surface area contributed by atoms with Crippen LogP contribution in [0.1, 0.15) is 23.9 Å². The fourth-order valence-corrected chi connectivity index (χ4v) is 4.31. The quantitative estimate of drug-likeness (QED) is 0.568. The molecular formula is C20H32N6OS. The average Bonchev–Trinajstić information content (AvgIpc) is 3.33. The molecule has 0 atom stereocenters. The summed E-state index contributed by atoms with van der Waals surface area (Å²) in [5.41, 5.74) is 3.44. The number of nitrogens with zero attached hydrogens (tertiary/aromatic N) is 5. The Kier molecular flexibility index (Phi) is 7.33. The second-order valence-electron chi connectivity index (χ2n) is 6.96. The number of methoxy groups -OCH3 is 1. The van der Waals surface area contributed by atoms with Crippen LogP contribution in [0.2, 0.25) is 0 Å². The number of rotatable bonds is 7. The Bertz CT molecular complexity index is 762. The molecule has 0 aromatic carbocycles. The minimum Gasteiger partial charge on any atom is -0.383 e. The van der Waals surface area contributed by atoms with E-state index in [2.05, 4.69) is 58.5 Å². The van der Waals surface area contributed by atoms with E-state index in [1.54, 1.807) is 7.11 Å². The van der Waals surface area contributed by atoms with Crippen LogP contribution in [-0.4, -0.2) is 67.1 Å². The van der Waals surface area contributed by atoms with Gasteiger partial charge in [0, 0.05) is 51.1 Å². The lowest BCUT2D eigenvalue weighted by molar-refractivity contribution is 0.182. The maximum atomic E-state index is 5.19. The molecule has 7 nitrogen and oxygen atoms in total. The van der Waals surface area contributed by atoms with E-state index < -0.39 is 0 Å². The van der Waals surface area contributed by atoms with Crippen LogP contribution in [0.25, 0.3) is 0 Å². The lowest BCUT2D eigenvalue weighted by Gasteiger charge is -2.37. The maximum Gasteiger partial charge on any atom is 0.194 e. The van der Waals surface area contributed by atoms with Crippen LogP contribution in [0.15, 0.2) is 22.5 Å². The van der Waals surface area contributed by atoms with Gasteiger partial charge in [0.25, 0.3) is 0 Å². The fourth-order valence-electron chi connectivity index (χ4n) is 3.53. The second kappa shape index (κ2) is 9.93. The zero-order chi connectivity index (χ0) is 19.9. The smallest absolute Gasteiger partial charge is 0.194 e. The molecule has 2 aromatic rings. The van der Waals surface area contributed by atoms with Crippen molar-refractivity contribution in [3.8, 4) is 0 Å². The molecule has 1 fully saturated rings. The summed E-state index contributed by atoms with van der Waals surface area (Å²) >= 11 is 1.81. The zero-order valence-electron chi connectivity index (χ0n) is 17.4. The highest BCUT2D eigenvalue weighted by Gasteiger charge is 2.20. The maximum absolute atomic E-state index is 5.19. The molecule has 8 heteroatoms. The first-order valence-corrected chi connectivity index (χ1v) is 10.9. The van der Waals surface area contributed by atoms with Crippen molar-refractivity contribution in [2.75, 3.05) is 51.3 Å². The van der Waals surface area contributed by atoms with Crippen LogP contribution >= 0.6 is 11.3 Å². The van der Waals surface area contributed by atoms with Gasteiger partial charge in [-0.2, -0.15) is 5.10 Å². The molecule has 1 saturated heterocycles. The lowest BCUT2D eigenvalue weighted by atomic mass is 10.2. The molecule has 0 spiro atoms. The zero-order valence-corrected chi connectivity index (χ0v) is 18.3. The van der Waals surface area contributed by atoms with Crippen LogP contribution < -0.4 is 10.2 Å². The van der Waals surface area contributed by atoms with Gasteiger partial charge in [0.1, 0.15) is 0 Å². The number of piperazine rings is 1. The highest BCUT2D eigenvalue weighted by atomic mass is 32.1. The number of aromatic nitrogens is 2. The Morgan fingerprint density at radius 2 is 2.07 bits per heavy atom. The van der Waals surface area contributed by atoms with E-state index in [1.807, 2.05) is 16.0 Å². The summed E-state index contributed by atoms with van der Waals surface area (Å²) in [6.07, 6.45) is 0. The molecule has 1 aliphatic rings. The van der Waals surface area contributed by atoms with Crippen molar-refractivity contribution in [1.82, 2.24) is 20.0 Å². The van der Waals surface area contributed by atoms with E-state index in [9.17, 15) is 0 Å². The van der Waals surface area contributed by atoms with Crippen molar-refractivity contribution in [2.24, 2.45) is 4.99 Å². The van der Waals surface area contributed by atoms with Crippen molar-refractivity contribution in [1.29, 1.82) is 0 Å². The summed E-state index contributed by atoms with van der Waals surface area (Å²) in [6.45, 7) is 13.3. The van der Waals surface area contributed by atoms with Gasteiger partial charge in [0.15, 0.2) is 5.96 Å². The molecule has 0 amide bonds. The Morgan fingerprint density at radius 3 is 2.71 bits per heavy atom. The summed E-state index contributed by atoms with van der Waals surface area (Å²) in [5, 5.41) is 11.6. The second-order valence-corrected chi connectivity index (χ2v) is 7.89. The average molecular weight is 405 g/mol. The first kappa shape index (κ1) is 20.7. The highest BCUT2D eigenvalue weighted by molar-refractivity contribution is 7.14. The molecule has 28 heavy (non-hydrogen) atoms. The Labute approximate surface area is 172 Å². The van der Waals surface area contributed by atoms with Gasteiger partial charge in [-0.05, 0) is 38.3 Å². The number of nitrogens with one attached hydrogen (secondary N) is 1. The van der Waals surface area contributed by atoms with Crippen LogP contribution in [0.3, 0.4) is 0 Å². The summed E-state index contributed by atoms with van der Waals surface area (Å²) in [5.74, 6) is 0.997. The molecule has 154 valence electrons. The first-order valence-electron chi connectivity index (χ1n) is 9.97. The van der Waals surface area contributed by atoms with Crippen molar-refractivity contribution in [3.05, 3.63) is 34.5 Å². The molecule has 1 aliphatic heterocycles. The lowest BCUT2D eigenvalue weighted by Crippen LogP contribution is -2.52. The number of ether oxygens (including phenoxy) is 1. The predicted molar refractivity (Wildman–Crippen MR) is 116 cm³/mol. The highest BCUT2D eigenvalue weighted by Crippen LogP contribution is 2.22. The Hall–Kier alpha value is -2.06. The van der Waals surface area contributed by atoms with Crippen molar-refractivity contribution < 1.29 is 4.74 Å². The van der Waals surface area contributed by atoms with Gasteiger partial charge >= 0.3 is 0 Å². The van der Waals surface area contributed by atoms with Crippen molar-refractivity contribution >= 4 is 22.3 Å². The molecule has 0 saturated carbocycles. The number of guanidine groups is 1. The largest absolute Gasteiger partial charge is 0.383 e. The van der Waals surface area contributed by atoms with E-state index >= 15 is 0 Å². The minimum absolute atomic E-state index is 0.651. The summed E-state index contributed by atoms with van der Waals surface area (Å²) < 4.78 is 7.21. The van der Waals surface area contributed by atoms with Crippen LogP contribution in [0.4, 0.5) is 5.00 Å². The third-order valence-corrected chi connectivity index (χ3v) is 6.09. The van der Waals surface area contributed by atoms with Crippen LogP contribution in [0.5, 0.6) is 0 Å². The monoisotopic (exact) mass is 404 g/mol. The van der Waals surface area contributed by atoms with Crippen molar-refractivity contribution in [3.63, 3.8) is 0 Å². The van der Waals surface area contributed by atoms with Crippen LogP contribution in [-0.2, 0) is 17.8 Å². The summed E-state index contributed by atoms with van der Waals surface area (Å²) in [4.78, 5) is 9.77. The normalized spacial score (nSPS) is 15.4. The predicted octanol–water partition coefficient (Wildman–Crippen LogP) is 2.50. The first-order chi connectivity index (χ1) is 13.6.